The van der Waals surface area contributed by atoms with Gasteiger partial charge in [0.05, 0.1) is 0 Å². The molecule has 0 radical (unpaired) electrons. The van der Waals surface area contributed by atoms with E-state index in [1.54, 1.807) is 0 Å². The van der Waals surface area contributed by atoms with Gasteiger partial charge in [-0.15, -0.1) is 0 Å². The highest BCUT2D eigenvalue weighted by Crippen LogP contribution is 2.43. The van der Waals surface area contributed by atoms with Gasteiger partial charge in [-0.1, -0.05) is 42.5 Å². The van der Waals surface area contributed by atoms with E-state index in [1.807, 2.05) is 12.1 Å². The van der Waals surface area contributed by atoms with E-state index in [0.29, 0.717) is 12.6 Å². The number of rotatable bonds is 4. The molecule has 0 saturated carbocycles. The molecule has 0 aliphatic carbocycles. The van der Waals surface area contributed by atoms with Gasteiger partial charge in [0, 0.05) is 23.8 Å². The van der Waals surface area contributed by atoms with Crippen LogP contribution in [0.2, 0.25) is 0 Å². The van der Waals surface area contributed by atoms with Crippen molar-refractivity contribution in [2.45, 2.75) is 26.1 Å². The molecule has 2 aromatic rings. The van der Waals surface area contributed by atoms with Crippen molar-refractivity contribution in [2.24, 2.45) is 0 Å². The number of fused-ring (bicyclic) bond motifs is 3. The Labute approximate surface area is 125 Å². The minimum Gasteiger partial charge on any atom is -0.349 e. The summed E-state index contributed by atoms with van der Waals surface area (Å²) in [5.41, 5.74) is 4.75. The number of nitrogens with zero attached hydrogens (tertiary/aromatic N) is 1. The molecule has 110 valence electrons. The number of hydrogen-bond acceptors (Lipinski definition) is 2. The van der Waals surface area contributed by atoms with Crippen molar-refractivity contribution < 1.29 is 4.39 Å². The summed E-state index contributed by atoms with van der Waals surface area (Å²) in [5, 5.41) is 3.57. The monoisotopic (exact) mass is 284 g/mol. The van der Waals surface area contributed by atoms with Crippen LogP contribution in [-0.4, -0.2) is 19.3 Å². The SMILES string of the molecule is CC(C)NC1c2ccccc2-c2ccccc2N1CCF. The van der Waals surface area contributed by atoms with Crippen LogP contribution in [0, 0.1) is 0 Å². The van der Waals surface area contributed by atoms with Crippen LogP contribution in [0.15, 0.2) is 48.5 Å². The molecule has 1 aliphatic heterocycles. The third kappa shape index (κ3) is 2.54. The lowest BCUT2D eigenvalue weighted by atomic mass is 9.91. The molecule has 0 bridgehead atoms. The molecule has 1 unspecified atom stereocenters. The zero-order valence-electron chi connectivity index (χ0n) is 12.5. The Bertz CT molecular complexity index is 624. The van der Waals surface area contributed by atoms with Gasteiger partial charge in [-0.05, 0) is 31.0 Å². The highest BCUT2D eigenvalue weighted by atomic mass is 19.1. The Morgan fingerprint density at radius 2 is 1.71 bits per heavy atom. The molecule has 0 spiro atoms. The summed E-state index contributed by atoms with van der Waals surface area (Å²) in [6, 6.07) is 17.0. The molecule has 1 N–H and O–H groups in total. The molecule has 2 nitrogen and oxygen atoms in total. The summed E-state index contributed by atoms with van der Waals surface area (Å²) in [6.45, 7) is 4.29. The first kappa shape index (κ1) is 14.1. The number of nitrogens with one attached hydrogen (secondary N) is 1. The molecule has 3 rings (SSSR count). The van der Waals surface area contributed by atoms with Crippen LogP contribution in [0.3, 0.4) is 0 Å². The van der Waals surface area contributed by atoms with Crippen LogP contribution in [0.25, 0.3) is 11.1 Å². The van der Waals surface area contributed by atoms with Crippen LogP contribution >= 0.6 is 0 Å². The average molecular weight is 284 g/mol. The van der Waals surface area contributed by atoms with Gasteiger partial charge in [0.1, 0.15) is 12.8 Å². The van der Waals surface area contributed by atoms with Gasteiger partial charge in [0.15, 0.2) is 0 Å². The first-order valence-corrected chi connectivity index (χ1v) is 7.49. The second-order valence-corrected chi connectivity index (χ2v) is 5.71. The molecule has 0 aromatic heterocycles. The maximum Gasteiger partial charge on any atom is 0.107 e. The van der Waals surface area contributed by atoms with E-state index in [1.165, 1.54) is 16.7 Å². The Hall–Kier alpha value is -1.87. The van der Waals surface area contributed by atoms with Crippen LogP contribution in [-0.2, 0) is 0 Å². The minimum atomic E-state index is -0.354. The topological polar surface area (TPSA) is 15.3 Å². The van der Waals surface area contributed by atoms with Crippen molar-refractivity contribution >= 4 is 5.69 Å². The van der Waals surface area contributed by atoms with Crippen LogP contribution in [0.1, 0.15) is 25.6 Å². The van der Waals surface area contributed by atoms with Crippen LogP contribution in [0.5, 0.6) is 0 Å². The molecule has 1 atom stereocenters. The number of para-hydroxylation sites is 1. The van der Waals surface area contributed by atoms with Gasteiger partial charge < -0.3 is 4.90 Å². The number of benzene rings is 2. The van der Waals surface area contributed by atoms with Gasteiger partial charge in [-0.2, -0.15) is 0 Å². The Morgan fingerprint density at radius 3 is 2.43 bits per heavy atom. The Kier molecular flexibility index (Phi) is 3.93. The number of alkyl halides is 1. The summed E-state index contributed by atoms with van der Waals surface area (Å²) in [6.07, 6.45) is 0.0202. The fraction of sp³-hybridized carbons (Fsp3) is 0.333. The van der Waals surface area contributed by atoms with Crippen molar-refractivity contribution in [3.63, 3.8) is 0 Å². The summed E-state index contributed by atoms with van der Waals surface area (Å²) in [4.78, 5) is 2.14. The predicted octanol–water partition coefficient (Wildman–Crippen LogP) is 4.14. The summed E-state index contributed by atoms with van der Waals surface area (Å²) < 4.78 is 13.1. The van der Waals surface area contributed by atoms with E-state index in [9.17, 15) is 4.39 Å². The van der Waals surface area contributed by atoms with E-state index in [0.717, 1.165) is 5.69 Å². The molecule has 3 heteroatoms. The van der Waals surface area contributed by atoms with Gasteiger partial charge in [-0.25, -0.2) is 4.39 Å². The molecular weight excluding hydrogens is 263 g/mol. The average Bonchev–Trinajstić information content (AvgIpc) is 2.50. The van der Waals surface area contributed by atoms with E-state index < -0.39 is 0 Å². The summed E-state index contributed by atoms with van der Waals surface area (Å²) >= 11 is 0. The summed E-state index contributed by atoms with van der Waals surface area (Å²) in [7, 11) is 0. The molecule has 1 heterocycles. The number of anilines is 1. The first-order chi connectivity index (χ1) is 10.2. The highest BCUT2D eigenvalue weighted by Gasteiger charge is 2.30. The Morgan fingerprint density at radius 1 is 1.05 bits per heavy atom. The van der Waals surface area contributed by atoms with Crippen LogP contribution in [0.4, 0.5) is 10.1 Å². The van der Waals surface area contributed by atoms with E-state index in [-0.39, 0.29) is 12.8 Å². The third-order valence-corrected chi connectivity index (χ3v) is 3.89. The zero-order valence-corrected chi connectivity index (χ0v) is 12.5. The fourth-order valence-electron chi connectivity index (χ4n) is 3.08. The van der Waals surface area contributed by atoms with E-state index in [4.69, 9.17) is 0 Å². The molecule has 0 saturated heterocycles. The first-order valence-electron chi connectivity index (χ1n) is 7.49. The maximum atomic E-state index is 13.1. The lowest BCUT2D eigenvalue weighted by Crippen LogP contribution is -2.44. The van der Waals surface area contributed by atoms with Crippen LogP contribution < -0.4 is 10.2 Å². The second-order valence-electron chi connectivity index (χ2n) is 5.71. The fourth-order valence-corrected chi connectivity index (χ4v) is 3.08. The van der Waals surface area contributed by atoms with Gasteiger partial charge >= 0.3 is 0 Å². The number of halogens is 1. The smallest absolute Gasteiger partial charge is 0.107 e. The molecule has 0 fully saturated rings. The van der Waals surface area contributed by atoms with Crippen molar-refractivity contribution in [1.29, 1.82) is 0 Å². The predicted molar refractivity (Wildman–Crippen MR) is 86.2 cm³/mol. The summed E-state index contributed by atoms with van der Waals surface area (Å²) in [5.74, 6) is 0. The molecule has 1 aliphatic rings. The normalized spacial score (nSPS) is 16.8. The van der Waals surface area contributed by atoms with E-state index >= 15 is 0 Å². The molecule has 21 heavy (non-hydrogen) atoms. The maximum absolute atomic E-state index is 13.1. The standard InChI is InChI=1S/C18H21FN2/c1-13(2)20-18-16-9-4-3-7-14(16)15-8-5-6-10-17(15)21(18)12-11-19/h3-10,13,18,20H,11-12H2,1-2H3. The van der Waals surface area contributed by atoms with Crippen molar-refractivity contribution in [2.75, 3.05) is 18.1 Å². The van der Waals surface area contributed by atoms with Gasteiger partial charge in [0.25, 0.3) is 0 Å². The molecule has 2 aromatic carbocycles. The van der Waals surface area contributed by atoms with E-state index in [2.05, 4.69) is 60.5 Å². The van der Waals surface area contributed by atoms with Gasteiger partial charge in [0.2, 0.25) is 0 Å². The van der Waals surface area contributed by atoms with Crippen molar-refractivity contribution in [3.05, 3.63) is 54.1 Å². The third-order valence-electron chi connectivity index (χ3n) is 3.89. The zero-order chi connectivity index (χ0) is 14.8. The Balaban J connectivity index is 2.16. The lowest BCUT2D eigenvalue weighted by Gasteiger charge is -2.41. The quantitative estimate of drug-likeness (QED) is 0.907. The largest absolute Gasteiger partial charge is 0.349 e. The second kappa shape index (κ2) is 5.86. The lowest BCUT2D eigenvalue weighted by molar-refractivity contribution is 0.417. The van der Waals surface area contributed by atoms with Crippen molar-refractivity contribution in [1.82, 2.24) is 5.32 Å². The highest BCUT2D eigenvalue weighted by molar-refractivity contribution is 5.84. The minimum absolute atomic E-state index is 0.0202. The van der Waals surface area contributed by atoms with Crippen molar-refractivity contribution in [3.8, 4) is 11.1 Å². The molecular formula is C18H21FN2. The number of hydrogen-bond donors (Lipinski definition) is 1. The molecule has 0 amide bonds. The van der Waals surface area contributed by atoms with Gasteiger partial charge in [-0.3, -0.25) is 5.32 Å².